The fraction of sp³-hybridized carbons (Fsp3) is 0.476. The Morgan fingerprint density at radius 2 is 1.90 bits per heavy atom. The second-order valence-corrected chi connectivity index (χ2v) is 7.74. The average Bonchev–Trinajstić information content (AvgIpc) is 3.19. The lowest BCUT2D eigenvalue weighted by Gasteiger charge is -2.31. The normalized spacial score (nSPS) is 18.3. The maximum Gasteiger partial charge on any atom is 0.320 e. The number of carbonyl (C=O) groups is 1. The van der Waals surface area contributed by atoms with E-state index in [-0.39, 0.29) is 12.1 Å². The Hall–Kier alpha value is -2.71. The number of amides is 2. The molecule has 1 saturated heterocycles. The third kappa shape index (κ3) is 4.18. The largest absolute Gasteiger partial charge is 0.389 e. The van der Waals surface area contributed by atoms with Gasteiger partial charge >= 0.3 is 6.03 Å². The van der Waals surface area contributed by atoms with Gasteiger partial charge in [0.05, 0.1) is 24.9 Å². The summed E-state index contributed by atoms with van der Waals surface area (Å²) < 4.78 is 0. The summed E-state index contributed by atoms with van der Waals surface area (Å²) >= 11 is 0. The molecular weight excluding hydrogens is 368 g/mol. The molecule has 2 unspecified atom stereocenters. The van der Waals surface area contributed by atoms with Crippen molar-refractivity contribution in [3.63, 3.8) is 0 Å². The summed E-state index contributed by atoms with van der Waals surface area (Å²) in [6.45, 7) is 8.00. The minimum absolute atomic E-state index is 0.00520. The van der Waals surface area contributed by atoms with E-state index in [4.69, 9.17) is 0 Å². The summed E-state index contributed by atoms with van der Waals surface area (Å²) in [5.74, 6) is 0.764. The molecule has 0 aliphatic carbocycles. The van der Waals surface area contributed by atoms with Crippen molar-refractivity contribution in [2.45, 2.75) is 39.1 Å². The molecule has 8 nitrogen and oxygen atoms in total. The number of fused-ring (bicyclic) bond motifs is 1. The number of piperazine rings is 1. The number of aliphatic hydroxyl groups excluding tert-OH is 1. The van der Waals surface area contributed by atoms with Gasteiger partial charge in [0.15, 0.2) is 0 Å². The van der Waals surface area contributed by atoms with Gasteiger partial charge in [0, 0.05) is 37.8 Å². The number of nitrogens with zero attached hydrogens (tertiary/aromatic N) is 4. The molecule has 3 heterocycles. The number of rotatable bonds is 4. The molecule has 8 heteroatoms. The van der Waals surface area contributed by atoms with Crippen molar-refractivity contribution < 1.29 is 9.90 Å². The highest BCUT2D eigenvalue weighted by Gasteiger charge is 2.31. The Labute approximate surface area is 171 Å². The Kier molecular flexibility index (Phi) is 5.64. The molecule has 0 radical (unpaired) electrons. The van der Waals surface area contributed by atoms with Crippen LogP contribution < -0.4 is 10.6 Å². The van der Waals surface area contributed by atoms with Crippen LogP contribution in [0.1, 0.15) is 48.4 Å². The first-order valence-corrected chi connectivity index (χ1v) is 10.1. The number of carbonyl (C=O) groups excluding carboxylic acids is 1. The maximum absolute atomic E-state index is 12.9. The Morgan fingerprint density at radius 3 is 2.66 bits per heavy atom. The molecule has 1 aromatic heterocycles. The lowest BCUT2D eigenvalue weighted by molar-refractivity contribution is 0.146. The third-order valence-corrected chi connectivity index (χ3v) is 5.63. The van der Waals surface area contributed by atoms with E-state index in [2.05, 4.69) is 27.5 Å². The van der Waals surface area contributed by atoms with Gasteiger partial charge in [-0.1, -0.05) is 24.3 Å². The van der Waals surface area contributed by atoms with Crippen LogP contribution in [0.3, 0.4) is 0 Å². The van der Waals surface area contributed by atoms with Crippen molar-refractivity contribution >= 4 is 11.8 Å². The standard InChI is InChI=1S/C21H28N6O2/c1-14(16-4-3-5-17(10-16)15(2)28)25-20-18-11-27(12-19(18)23-13-24-20)21(29)26-8-6-22-7-9-26/h3-5,10,13-15,22,28H,6-9,11-12H2,1-2H3,(H,23,24,25). The number of hydrogen-bond acceptors (Lipinski definition) is 6. The predicted molar refractivity (Wildman–Crippen MR) is 110 cm³/mol. The molecule has 3 N–H and O–H groups in total. The van der Waals surface area contributed by atoms with Crippen LogP contribution in [0.15, 0.2) is 30.6 Å². The summed E-state index contributed by atoms with van der Waals surface area (Å²) in [5.41, 5.74) is 3.84. The van der Waals surface area contributed by atoms with Gasteiger partial charge in [0.1, 0.15) is 12.1 Å². The number of benzene rings is 1. The highest BCUT2D eigenvalue weighted by molar-refractivity contribution is 5.76. The molecule has 2 aliphatic heterocycles. The van der Waals surface area contributed by atoms with Gasteiger partial charge in [-0.3, -0.25) is 0 Å². The van der Waals surface area contributed by atoms with E-state index in [1.54, 1.807) is 13.3 Å². The highest BCUT2D eigenvalue weighted by Crippen LogP contribution is 2.29. The smallest absolute Gasteiger partial charge is 0.320 e. The Balaban J connectivity index is 1.48. The molecule has 29 heavy (non-hydrogen) atoms. The SMILES string of the molecule is CC(O)c1cccc(C(C)Nc2ncnc3c2CN(C(=O)N2CCNCC2)C3)c1. The lowest BCUT2D eigenvalue weighted by Crippen LogP contribution is -2.50. The average molecular weight is 396 g/mol. The summed E-state index contributed by atoms with van der Waals surface area (Å²) in [7, 11) is 0. The van der Waals surface area contributed by atoms with Crippen molar-refractivity contribution in [3.05, 3.63) is 53.0 Å². The molecule has 2 amide bonds. The van der Waals surface area contributed by atoms with Crippen LogP contribution in [0.4, 0.5) is 10.6 Å². The van der Waals surface area contributed by atoms with Gasteiger partial charge in [0.25, 0.3) is 0 Å². The van der Waals surface area contributed by atoms with Gasteiger partial charge in [-0.2, -0.15) is 0 Å². The van der Waals surface area contributed by atoms with Gasteiger partial charge < -0.3 is 25.5 Å². The van der Waals surface area contributed by atoms with E-state index in [0.29, 0.717) is 13.1 Å². The number of urea groups is 1. The van der Waals surface area contributed by atoms with Crippen LogP contribution in [0.25, 0.3) is 0 Å². The quantitative estimate of drug-likeness (QED) is 0.732. The van der Waals surface area contributed by atoms with Crippen LogP contribution in [0, 0.1) is 0 Å². The molecule has 4 rings (SSSR count). The molecule has 1 aromatic carbocycles. The molecular formula is C21H28N6O2. The minimum atomic E-state index is -0.505. The Morgan fingerprint density at radius 1 is 1.14 bits per heavy atom. The van der Waals surface area contributed by atoms with Crippen molar-refractivity contribution in [2.24, 2.45) is 0 Å². The topological polar surface area (TPSA) is 93.6 Å². The molecule has 0 saturated carbocycles. The molecule has 2 atom stereocenters. The van der Waals surface area contributed by atoms with E-state index >= 15 is 0 Å². The van der Waals surface area contributed by atoms with E-state index in [1.807, 2.05) is 34.1 Å². The lowest BCUT2D eigenvalue weighted by atomic mass is 10.0. The first kappa shape index (κ1) is 19.6. The van der Waals surface area contributed by atoms with Crippen molar-refractivity contribution in [1.82, 2.24) is 25.1 Å². The van der Waals surface area contributed by atoms with Crippen molar-refractivity contribution in [1.29, 1.82) is 0 Å². The van der Waals surface area contributed by atoms with Gasteiger partial charge in [-0.05, 0) is 25.0 Å². The maximum atomic E-state index is 12.9. The monoisotopic (exact) mass is 396 g/mol. The van der Waals surface area contributed by atoms with Crippen LogP contribution in [-0.2, 0) is 13.1 Å². The van der Waals surface area contributed by atoms with Crippen LogP contribution in [-0.4, -0.2) is 57.1 Å². The van der Waals surface area contributed by atoms with E-state index in [1.165, 1.54) is 0 Å². The fourth-order valence-electron chi connectivity index (χ4n) is 3.87. The molecule has 0 bridgehead atoms. The molecule has 1 fully saturated rings. The number of aromatic nitrogens is 2. The summed E-state index contributed by atoms with van der Waals surface area (Å²) in [4.78, 5) is 25.4. The van der Waals surface area contributed by atoms with Crippen LogP contribution in [0.2, 0.25) is 0 Å². The van der Waals surface area contributed by atoms with Crippen molar-refractivity contribution in [2.75, 3.05) is 31.5 Å². The zero-order valence-electron chi connectivity index (χ0n) is 16.9. The number of anilines is 1. The van der Waals surface area contributed by atoms with Gasteiger partial charge in [0.2, 0.25) is 0 Å². The number of hydrogen-bond donors (Lipinski definition) is 3. The third-order valence-electron chi connectivity index (χ3n) is 5.63. The first-order valence-electron chi connectivity index (χ1n) is 10.1. The molecule has 154 valence electrons. The number of aliphatic hydroxyl groups is 1. The summed E-state index contributed by atoms with van der Waals surface area (Å²) in [6, 6.07) is 7.98. The highest BCUT2D eigenvalue weighted by atomic mass is 16.3. The first-order chi connectivity index (χ1) is 14.0. The second kappa shape index (κ2) is 8.34. The zero-order valence-corrected chi connectivity index (χ0v) is 16.9. The van der Waals surface area contributed by atoms with E-state index < -0.39 is 6.10 Å². The van der Waals surface area contributed by atoms with E-state index in [0.717, 1.165) is 54.4 Å². The van der Waals surface area contributed by atoms with E-state index in [9.17, 15) is 9.90 Å². The predicted octanol–water partition coefficient (Wildman–Crippen LogP) is 2.04. The van der Waals surface area contributed by atoms with Crippen LogP contribution >= 0.6 is 0 Å². The molecule has 0 spiro atoms. The Bertz CT molecular complexity index is 881. The summed E-state index contributed by atoms with van der Waals surface area (Å²) in [6.07, 6.45) is 1.05. The van der Waals surface area contributed by atoms with Crippen LogP contribution in [0.5, 0.6) is 0 Å². The molecule has 2 aliphatic rings. The fourth-order valence-corrected chi connectivity index (χ4v) is 3.87. The second-order valence-electron chi connectivity index (χ2n) is 7.74. The van der Waals surface area contributed by atoms with Gasteiger partial charge in [-0.15, -0.1) is 0 Å². The van der Waals surface area contributed by atoms with Crippen molar-refractivity contribution in [3.8, 4) is 0 Å². The number of nitrogens with one attached hydrogen (secondary N) is 2. The zero-order chi connectivity index (χ0) is 20.4. The van der Waals surface area contributed by atoms with Gasteiger partial charge in [-0.25, -0.2) is 14.8 Å². The summed E-state index contributed by atoms with van der Waals surface area (Å²) in [5, 5.41) is 16.6. The molecule has 2 aromatic rings. The minimum Gasteiger partial charge on any atom is -0.389 e.